The predicted octanol–water partition coefficient (Wildman–Crippen LogP) is 2.39. The number of benzene rings is 2. The first-order valence-electron chi connectivity index (χ1n) is 6.44. The van der Waals surface area contributed by atoms with Gasteiger partial charge in [0.2, 0.25) is 0 Å². The Balaban J connectivity index is 1.68. The molecule has 0 heterocycles. The summed E-state index contributed by atoms with van der Waals surface area (Å²) in [5.74, 6) is 0. The fourth-order valence-corrected chi connectivity index (χ4v) is 1.74. The molecule has 0 radical (unpaired) electrons. The lowest BCUT2D eigenvalue weighted by Crippen LogP contribution is -2.48. The fraction of sp³-hybridized carbons (Fsp3) is 0.0667. The number of carbonyl (C=O) groups excluding carboxylic acids is 1. The third-order valence-electron chi connectivity index (χ3n) is 2.62. The molecule has 21 heavy (non-hydrogen) atoms. The average molecular weight is 300 g/mol. The van der Waals surface area contributed by atoms with Gasteiger partial charge in [-0.2, -0.15) is 0 Å². The van der Waals surface area contributed by atoms with Gasteiger partial charge in [-0.3, -0.25) is 5.43 Å². The van der Waals surface area contributed by atoms with Crippen molar-refractivity contribution in [2.45, 2.75) is 6.54 Å². The van der Waals surface area contributed by atoms with Crippen molar-refractivity contribution in [2.75, 3.05) is 5.32 Å². The summed E-state index contributed by atoms with van der Waals surface area (Å²) in [7, 11) is 0. The van der Waals surface area contributed by atoms with Gasteiger partial charge >= 0.3 is 6.03 Å². The van der Waals surface area contributed by atoms with Crippen molar-refractivity contribution in [3.05, 3.63) is 66.2 Å². The van der Waals surface area contributed by atoms with Crippen molar-refractivity contribution in [3.8, 4) is 0 Å². The second kappa shape index (κ2) is 7.86. The van der Waals surface area contributed by atoms with Crippen molar-refractivity contribution < 1.29 is 4.79 Å². The monoisotopic (exact) mass is 300 g/mol. The molecule has 0 aliphatic rings. The molecule has 0 saturated carbocycles. The number of hydrogen-bond donors (Lipinski definition) is 4. The lowest BCUT2D eigenvalue weighted by Gasteiger charge is -2.12. The van der Waals surface area contributed by atoms with Gasteiger partial charge in [0.1, 0.15) is 0 Å². The SMILES string of the molecule is O=C(NNC(=S)NCc1ccccc1)Nc1ccccc1. The molecule has 0 aliphatic carbocycles. The summed E-state index contributed by atoms with van der Waals surface area (Å²) in [5.41, 5.74) is 6.91. The summed E-state index contributed by atoms with van der Waals surface area (Å²) < 4.78 is 0. The summed E-state index contributed by atoms with van der Waals surface area (Å²) in [6.07, 6.45) is 0. The molecule has 6 heteroatoms. The molecule has 0 unspecified atom stereocenters. The van der Waals surface area contributed by atoms with E-state index in [0.717, 1.165) is 5.56 Å². The van der Waals surface area contributed by atoms with Crippen LogP contribution in [0.1, 0.15) is 5.56 Å². The van der Waals surface area contributed by atoms with E-state index in [4.69, 9.17) is 12.2 Å². The Labute approximate surface area is 128 Å². The minimum absolute atomic E-state index is 0.349. The van der Waals surface area contributed by atoms with Gasteiger partial charge in [0, 0.05) is 12.2 Å². The molecule has 0 fully saturated rings. The molecule has 5 nitrogen and oxygen atoms in total. The van der Waals surface area contributed by atoms with E-state index in [1.165, 1.54) is 0 Å². The molecule has 2 aromatic rings. The smallest absolute Gasteiger partial charge is 0.337 e. The number of anilines is 1. The predicted molar refractivity (Wildman–Crippen MR) is 87.6 cm³/mol. The van der Waals surface area contributed by atoms with Gasteiger partial charge in [-0.1, -0.05) is 48.5 Å². The lowest BCUT2D eigenvalue weighted by molar-refractivity contribution is 0.250. The second-order valence-electron chi connectivity index (χ2n) is 4.24. The number of nitrogens with one attached hydrogen (secondary N) is 4. The minimum atomic E-state index is -0.384. The summed E-state index contributed by atoms with van der Waals surface area (Å²) >= 11 is 5.07. The summed E-state index contributed by atoms with van der Waals surface area (Å²) in [5, 5.41) is 6.02. The van der Waals surface area contributed by atoms with Gasteiger partial charge in [0.05, 0.1) is 0 Å². The number of amides is 2. The van der Waals surface area contributed by atoms with E-state index in [9.17, 15) is 4.79 Å². The molecule has 0 aromatic heterocycles. The maximum Gasteiger partial charge on any atom is 0.337 e. The van der Waals surface area contributed by atoms with Crippen molar-refractivity contribution in [1.82, 2.24) is 16.2 Å². The summed E-state index contributed by atoms with van der Waals surface area (Å²) in [4.78, 5) is 11.6. The van der Waals surface area contributed by atoms with Crippen LogP contribution < -0.4 is 21.5 Å². The Hall–Kier alpha value is -2.60. The van der Waals surface area contributed by atoms with Crippen LogP contribution in [0.25, 0.3) is 0 Å². The number of urea groups is 1. The van der Waals surface area contributed by atoms with E-state index < -0.39 is 0 Å². The van der Waals surface area contributed by atoms with Gasteiger partial charge in [-0.15, -0.1) is 0 Å². The summed E-state index contributed by atoms with van der Waals surface area (Å²) in [6.45, 7) is 0.592. The van der Waals surface area contributed by atoms with E-state index in [1.807, 2.05) is 48.5 Å². The van der Waals surface area contributed by atoms with Gasteiger partial charge in [-0.25, -0.2) is 10.2 Å². The Kier molecular flexibility index (Phi) is 5.54. The van der Waals surface area contributed by atoms with Gasteiger partial charge < -0.3 is 10.6 Å². The van der Waals surface area contributed by atoms with E-state index in [1.54, 1.807) is 12.1 Å². The Morgan fingerprint density at radius 3 is 2.19 bits per heavy atom. The number of rotatable bonds is 3. The van der Waals surface area contributed by atoms with Crippen LogP contribution in [0.3, 0.4) is 0 Å². The second-order valence-corrected chi connectivity index (χ2v) is 4.65. The quantitative estimate of drug-likeness (QED) is 0.519. The van der Waals surface area contributed by atoms with Crippen LogP contribution in [0.5, 0.6) is 0 Å². The molecule has 0 atom stereocenters. The Morgan fingerprint density at radius 2 is 1.52 bits per heavy atom. The molecular formula is C15H16N4OS. The standard InChI is InChI=1S/C15H16N4OS/c20-14(17-13-9-5-2-6-10-13)18-19-15(21)16-11-12-7-3-1-4-8-12/h1-10H,11H2,(H2,16,19,21)(H2,17,18,20). The molecule has 2 rings (SSSR count). The Bertz CT molecular complexity index is 589. The van der Waals surface area contributed by atoms with Crippen LogP contribution in [-0.2, 0) is 6.54 Å². The summed E-state index contributed by atoms with van der Waals surface area (Å²) in [6, 6.07) is 18.6. The zero-order valence-electron chi connectivity index (χ0n) is 11.3. The highest BCUT2D eigenvalue weighted by Gasteiger charge is 2.01. The third kappa shape index (κ3) is 5.50. The van der Waals surface area contributed by atoms with Crippen LogP contribution in [0.4, 0.5) is 10.5 Å². The van der Waals surface area contributed by atoms with Crippen molar-refractivity contribution in [3.63, 3.8) is 0 Å². The van der Waals surface area contributed by atoms with Crippen LogP contribution in [-0.4, -0.2) is 11.1 Å². The van der Waals surface area contributed by atoms with Crippen molar-refractivity contribution in [1.29, 1.82) is 0 Å². The number of para-hydroxylation sites is 1. The lowest BCUT2D eigenvalue weighted by atomic mass is 10.2. The molecule has 0 aliphatic heterocycles. The third-order valence-corrected chi connectivity index (χ3v) is 2.86. The molecule has 108 valence electrons. The van der Waals surface area contributed by atoms with Crippen molar-refractivity contribution >= 4 is 29.0 Å². The largest absolute Gasteiger partial charge is 0.357 e. The molecule has 2 amide bonds. The molecular weight excluding hydrogens is 284 g/mol. The van der Waals surface area contributed by atoms with E-state index in [0.29, 0.717) is 17.3 Å². The van der Waals surface area contributed by atoms with Crippen molar-refractivity contribution in [2.24, 2.45) is 0 Å². The average Bonchev–Trinajstić information content (AvgIpc) is 2.53. The maximum atomic E-state index is 11.6. The highest BCUT2D eigenvalue weighted by atomic mass is 32.1. The fourth-order valence-electron chi connectivity index (χ4n) is 1.62. The number of thiocarbonyl (C=S) groups is 1. The highest BCUT2D eigenvalue weighted by Crippen LogP contribution is 2.03. The van der Waals surface area contributed by atoms with Gasteiger partial charge in [0.15, 0.2) is 5.11 Å². The molecule has 0 spiro atoms. The zero-order valence-corrected chi connectivity index (χ0v) is 12.1. The Morgan fingerprint density at radius 1 is 0.905 bits per heavy atom. The number of carbonyl (C=O) groups is 1. The maximum absolute atomic E-state index is 11.6. The van der Waals surface area contributed by atoms with E-state index in [2.05, 4.69) is 21.5 Å². The molecule has 0 saturated heterocycles. The topological polar surface area (TPSA) is 65.2 Å². The van der Waals surface area contributed by atoms with Crippen LogP contribution in [0.15, 0.2) is 60.7 Å². The molecule has 4 N–H and O–H groups in total. The van der Waals surface area contributed by atoms with Crippen LogP contribution >= 0.6 is 12.2 Å². The first kappa shape index (κ1) is 14.8. The van der Waals surface area contributed by atoms with E-state index >= 15 is 0 Å². The van der Waals surface area contributed by atoms with Gasteiger partial charge in [0.25, 0.3) is 0 Å². The first-order chi connectivity index (χ1) is 10.2. The van der Waals surface area contributed by atoms with Gasteiger partial charge in [-0.05, 0) is 29.9 Å². The number of hydrazine groups is 1. The first-order valence-corrected chi connectivity index (χ1v) is 6.84. The van der Waals surface area contributed by atoms with Crippen LogP contribution in [0.2, 0.25) is 0 Å². The van der Waals surface area contributed by atoms with E-state index in [-0.39, 0.29) is 6.03 Å². The highest BCUT2D eigenvalue weighted by molar-refractivity contribution is 7.80. The minimum Gasteiger partial charge on any atom is -0.357 e. The number of hydrogen-bond acceptors (Lipinski definition) is 2. The molecule has 2 aromatic carbocycles. The van der Waals surface area contributed by atoms with Crippen LogP contribution in [0, 0.1) is 0 Å². The molecule has 0 bridgehead atoms. The zero-order chi connectivity index (χ0) is 14.9. The normalized spacial score (nSPS) is 9.52.